The van der Waals surface area contributed by atoms with Crippen LogP contribution in [-0.2, 0) is 0 Å². The normalized spacial score (nSPS) is 18.6. The lowest BCUT2D eigenvalue weighted by atomic mass is 10.2. The van der Waals surface area contributed by atoms with Crippen LogP contribution in [0.25, 0.3) is 0 Å². The fraction of sp³-hybridized carbons (Fsp3) is 0.273. The van der Waals surface area contributed by atoms with Crippen LogP contribution in [0.15, 0.2) is 29.3 Å². The first-order valence-electron chi connectivity index (χ1n) is 5.21. The lowest BCUT2D eigenvalue weighted by Crippen LogP contribution is -2.55. The number of nitrogens with zero attached hydrogens (tertiary/aromatic N) is 2. The van der Waals surface area contributed by atoms with E-state index >= 15 is 0 Å². The summed E-state index contributed by atoms with van der Waals surface area (Å²) < 4.78 is 14.6. The lowest BCUT2D eigenvalue weighted by molar-refractivity contribution is -0.527. The molecule has 0 aliphatic carbocycles. The van der Waals surface area contributed by atoms with Crippen LogP contribution < -0.4 is 16.8 Å². The largest absolute Gasteiger partial charge is 0.357 e. The van der Waals surface area contributed by atoms with Crippen molar-refractivity contribution >= 4 is 17.6 Å². The van der Waals surface area contributed by atoms with Gasteiger partial charge < -0.3 is 5.73 Å². The first-order valence-corrected chi connectivity index (χ1v) is 5.21. The zero-order valence-corrected chi connectivity index (χ0v) is 9.74. The third-order valence-corrected chi connectivity index (χ3v) is 2.52. The summed E-state index contributed by atoms with van der Waals surface area (Å²) in [6.45, 7) is 3.74. The van der Waals surface area contributed by atoms with Crippen LogP contribution in [0.3, 0.4) is 0 Å². The average Bonchev–Trinajstić information content (AvgIpc) is 2.18. The molecule has 0 saturated heterocycles. The van der Waals surface area contributed by atoms with Crippen molar-refractivity contribution in [2.75, 3.05) is 0 Å². The molecule has 0 saturated carbocycles. The van der Waals surface area contributed by atoms with Crippen LogP contribution in [-0.4, -0.2) is 22.2 Å². The Labute approximate surface area is 98.6 Å². The number of hydrogen-bond acceptors (Lipinski definition) is 4. The molecule has 0 bridgehead atoms. The molecule has 0 unspecified atom stereocenters. The summed E-state index contributed by atoms with van der Waals surface area (Å²) in [5, 5.41) is 2.75. The molecule has 6 heteroatoms. The molecule has 0 radical (unpaired) electrons. The summed E-state index contributed by atoms with van der Waals surface area (Å²) in [5.41, 5.74) is 11.6. The molecule has 1 aliphatic heterocycles. The van der Waals surface area contributed by atoms with E-state index in [4.69, 9.17) is 11.5 Å². The number of hydrogen-bond donors (Lipinski definition) is 3. The second kappa shape index (κ2) is 3.73. The van der Waals surface area contributed by atoms with Crippen LogP contribution >= 0.6 is 0 Å². The van der Waals surface area contributed by atoms with Crippen molar-refractivity contribution in [1.29, 1.82) is 0 Å². The van der Waals surface area contributed by atoms with Gasteiger partial charge in [-0.05, 0) is 38.1 Å². The lowest BCUT2D eigenvalue weighted by Gasteiger charge is -2.28. The molecule has 1 aromatic carbocycles. The molecule has 1 heterocycles. The van der Waals surface area contributed by atoms with Crippen molar-refractivity contribution in [3.63, 3.8) is 0 Å². The van der Waals surface area contributed by atoms with Crippen molar-refractivity contribution in [1.82, 2.24) is 5.32 Å². The maximum atomic E-state index is 12.9. The Bertz CT molecular complexity index is 501. The summed E-state index contributed by atoms with van der Waals surface area (Å²) in [6.07, 6.45) is 0. The molecule has 0 aromatic heterocycles. The van der Waals surface area contributed by atoms with Crippen molar-refractivity contribution in [3.8, 4) is 0 Å². The molecular weight excluding hydrogens is 221 g/mol. The van der Waals surface area contributed by atoms with Crippen LogP contribution in [0.1, 0.15) is 13.8 Å². The molecule has 1 aromatic rings. The minimum atomic E-state index is -0.614. The monoisotopic (exact) mass is 236 g/mol. The van der Waals surface area contributed by atoms with Gasteiger partial charge in [0, 0.05) is 0 Å². The molecule has 90 valence electrons. The van der Waals surface area contributed by atoms with E-state index in [1.165, 1.54) is 12.1 Å². The number of guanidine groups is 2. The number of nitrogens with two attached hydrogens (primary N) is 2. The van der Waals surface area contributed by atoms with Crippen LogP contribution in [0.5, 0.6) is 0 Å². The second-order valence-electron chi connectivity index (χ2n) is 4.31. The van der Waals surface area contributed by atoms with Crippen molar-refractivity contribution in [2.24, 2.45) is 16.5 Å². The van der Waals surface area contributed by atoms with Crippen LogP contribution in [0, 0.1) is 5.82 Å². The van der Waals surface area contributed by atoms with E-state index < -0.39 is 5.66 Å². The van der Waals surface area contributed by atoms with E-state index in [2.05, 4.69) is 10.3 Å². The fourth-order valence-corrected chi connectivity index (χ4v) is 1.90. The van der Waals surface area contributed by atoms with E-state index in [1.54, 1.807) is 16.7 Å². The zero-order chi connectivity index (χ0) is 12.6. The Hall–Kier alpha value is -2.11. The molecular formula is C11H15FN5+. The first kappa shape index (κ1) is 11.4. The molecule has 2 rings (SSSR count). The molecule has 17 heavy (non-hydrogen) atoms. The number of benzene rings is 1. The van der Waals surface area contributed by atoms with Crippen LogP contribution in [0.4, 0.5) is 10.1 Å². The quantitative estimate of drug-likeness (QED) is 0.619. The molecule has 0 atom stereocenters. The number of halogens is 1. The predicted octanol–water partition coefficient (Wildman–Crippen LogP) is 0.438. The first-order chi connectivity index (χ1) is 7.90. The number of nitrogens with one attached hydrogen (secondary N) is 1. The highest BCUT2D eigenvalue weighted by atomic mass is 19.1. The highest BCUT2D eigenvalue weighted by Crippen LogP contribution is 2.23. The number of aliphatic imine (C=N–C) groups is 1. The molecule has 0 spiro atoms. The number of rotatable bonds is 1. The highest BCUT2D eigenvalue weighted by molar-refractivity contribution is 5.96. The zero-order valence-electron chi connectivity index (χ0n) is 9.74. The van der Waals surface area contributed by atoms with Crippen LogP contribution in [0.2, 0.25) is 0 Å². The van der Waals surface area contributed by atoms with Crippen molar-refractivity contribution < 1.29 is 8.97 Å². The SMILES string of the molecule is CC1(C)N=C(N)NC(N)=[N+]1c1ccc(F)cc1. The van der Waals surface area contributed by atoms with Gasteiger partial charge in [-0.2, -0.15) is 4.99 Å². The summed E-state index contributed by atoms with van der Waals surface area (Å²) in [5.74, 6) is 0.345. The Morgan fingerprint density at radius 1 is 1.24 bits per heavy atom. The van der Waals surface area contributed by atoms with Crippen molar-refractivity contribution in [2.45, 2.75) is 19.5 Å². The Morgan fingerprint density at radius 3 is 2.35 bits per heavy atom. The molecule has 5 N–H and O–H groups in total. The van der Waals surface area contributed by atoms with Gasteiger partial charge in [0.05, 0.1) is 0 Å². The second-order valence-corrected chi connectivity index (χ2v) is 4.31. The van der Waals surface area contributed by atoms with Crippen molar-refractivity contribution in [3.05, 3.63) is 30.1 Å². The minimum Gasteiger partial charge on any atom is -0.357 e. The van der Waals surface area contributed by atoms with E-state index in [-0.39, 0.29) is 11.8 Å². The fourth-order valence-electron chi connectivity index (χ4n) is 1.90. The summed E-state index contributed by atoms with van der Waals surface area (Å²) >= 11 is 0. The topological polar surface area (TPSA) is 79.4 Å². The van der Waals surface area contributed by atoms with Gasteiger partial charge in [0.25, 0.3) is 5.96 Å². The van der Waals surface area contributed by atoms with E-state index in [9.17, 15) is 4.39 Å². The minimum absolute atomic E-state index is 0.269. The standard InChI is InChI=1S/C11H14FN5/c1-11(2)16-9(13)15-10(14)17(11)8-5-3-7(12)4-6-8/h3-6H,1-2H3,(H4,13,14,15,16)/p+1. The highest BCUT2D eigenvalue weighted by Gasteiger charge is 2.34. The Kier molecular flexibility index (Phi) is 2.49. The Morgan fingerprint density at radius 2 is 1.82 bits per heavy atom. The van der Waals surface area contributed by atoms with Gasteiger partial charge in [0.15, 0.2) is 5.66 Å². The van der Waals surface area contributed by atoms with Gasteiger partial charge in [-0.3, -0.25) is 5.73 Å². The Balaban J connectivity index is 2.50. The van der Waals surface area contributed by atoms with Gasteiger partial charge in [-0.25, -0.2) is 14.3 Å². The van der Waals surface area contributed by atoms with E-state index in [0.717, 1.165) is 5.69 Å². The smallest absolute Gasteiger partial charge is 0.357 e. The van der Waals surface area contributed by atoms with E-state index in [1.807, 2.05) is 13.8 Å². The third kappa shape index (κ3) is 2.06. The van der Waals surface area contributed by atoms with Gasteiger partial charge >= 0.3 is 5.96 Å². The summed E-state index contributed by atoms with van der Waals surface area (Å²) in [6, 6.07) is 6.03. The third-order valence-electron chi connectivity index (χ3n) is 2.52. The summed E-state index contributed by atoms with van der Waals surface area (Å²) in [7, 11) is 0. The maximum absolute atomic E-state index is 12.9. The molecule has 1 aliphatic rings. The average molecular weight is 236 g/mol. The molecule has 0 amide bonds. The predicted molar refractivity (Wildman–Crippen MR) is 64.4 cm³/mol. The molecule has 5 nitrogen and oxygen atoms in total. The molecule has 0 fully saturated rings. The van der Waals surface area contributed by atoms with Gasteiger partial charge in [-0.1, -0.05) is 0 Å². The maximum Gasteiger partial charge on any atom is 0.357 e. The van der Waals surface area contributed by atoms with E-state index in [0.29, 0.717) is 5.96 Å². The van der Waals surface area contributed by atoms with Gasteiger partial charge in [0.1, 0.15) is 11.5 Å². The summed E-state index contributed by atoms with van der Waals surface area (Å²) in [4.78, 5) is 4.26. The van der Waals surface area contributed by atoms with Gasteiger partial charge in [-0.15, -0.1) is 0 Å². The van der Waals surface area contributed by atoms with Gasteiger partial charge in [0.2, 0.25) is 0 Å².